The molecule has 0 heterocycles. The average molecular weight is 495 g/mol. The van der Waals surface area contributed by atoms with Crippen molar-refractivity contribution in [3.8, 4) is 11.1 Å². The maximum Gasteiger partial charge on any atom is 0.407 e. The highest BCUT2D eigenvalue weighted by Gasteiger charge is 2.28. The van der Waals surface area contributed by atoms with E-state index < -0.39 is 0 Å². The van der Waals surface area contributed by atoms with Crippen molar-refractivity contribution in [1.29, 1.82) is 0 Å². The molecule has 0 aliphatic heterocycles. The maximum atomic E-state index is 12.0. The van der Waals surface area contributed by atoms with E-state index in [9.17, 15) is 4.79 Å². The SMILES string of the molecule is O=C(NCCCOCCOCCI)OCC1c2ccccc2-c2ccccc21. The molecule has 150 valence electrons. The van der Waals surface area contributed by atoms with E-state index in [-0.39, 0.29) is 12.0 Å². The Bertz CT molecular complexity index is 722. The molecule has 1 aliphatic carbocycles. The van der Waals surface area contributed by atoms with E-state index in [0.717, 1.165) is 17.5 Å². The number of alkyl carbamates (subject to hydrolysis) is 1. The third-order valence-electron chi connectivity index (χ3n) is 4.67. The minimum Gasteiger partial charge on any atom is -0.449 e. The molecule has 2 aromatic carbocycles. The van der Waals surface area contributed by atoms with Crippen LogP contribution in [0, 0.1) is 0 Å². The molecule has 0 saturated heterocycles. The summed E-state index contributed by atoms with van der Waals surface area (Å²) in [5.74, 6) is 0.0871. The second-order valence-electron chi connectivity index (χ2n) is 6.52. The lowest BCUT2D eigenvalue weighted by molar-refractivity contribution is 0.0533. The Morgan fingerprint density at radius 1 is 0.893 bits per heavy atom. The summed E-state index contributed by atoms with van der Waals surface area (Å²) < 4.78 is 17.3. The molecule has 3 rings (SSSR count). The van der Waals surface area contributed by atoms with E-state index in [4.69, 9.17) is 14.2 Å². The van der Waals surface area contributed by atoms with E-state index >= 15 is 0 Å². The van der Waals surface area contributed by atoms with E-state index in [2.05, 4.69) is 52.2 Å². The third-order valence-corrected chi connectivity index (χ3v) is 5.11. The fraction of sp³-hybridized carbons (Fsp3) is 0.409. The molecular weight excluding hydrogens is 469 g/mol. The monoisotopic (exact) mass is 495 g/mol. The van der Waals surface area contributed by atoms with Crippen molar-refractivity contribution in [2.75, 3.05) is 44.0 Å². The van der Waals surface area contributed by atoms with Gasteiger partial charge in [-0.3, -0.25) is 0 Å². The summed E-state index contributed by atoms with van der Waals surface area (Å²) in [6.07, 6.45) is 0.364. The largest absolute Gasteiger partial charge is 0.449 e. The molecule has 0 spiro atoms. The topological polar surface area (TPSA) is 56.8 Å². The molecule has 0 aromatic heterocycles. The van der Waals surface area contributed by atoms with Gasteiger partial charge in [0.2, 0.25) is 0 Å². The van der Waals surface area contributed by atoms with Crippen LogP contribution >= 0.6 is 22.6 Å². The van der Waals surface area contributed by atoms with Crippen molar-refractivity contribution in [3.05, 3.63) is 59.7 Å². The molecule has 0 atom stereocenters. The van der Waals surface area contributed by atoms with Crippen LogP contribution in [0.5, 0.6) is 0 Å². The second kappa shape index (κ2) is 11.4. The number of rotatable bonds is 11. The third kappa shape index (κ3) is 5.68. The first-order chi connectivity index (χ1) is 13.8. The maximum absolute atomic E-state index is 12.0. The first-order valence-electron chi connectivity index (χ1n) is 9.61. The lowest BCUT2D eigenvalue weighted by Gasteiger charge is -2.14. The summed E-state index contributed by atoms with van der Waals surface area (Å²) in [5, 5.41) is 2.79. The summed E-state index contributed by atoms with van der Waals surface area (Å²) in [6.45, 7) is 3.42. The van der Waals surface area contributed by atoms with Gasteiger partial charge in [0, 0.05) is 23.5 Å². The van der Waals surface area contributed by atoms with Crippen LogP contribution in [-0.4, -0.2) is 50.1 Å². The van der Waals surface area contributed by atoms with E-state index in [1.807, 2.05) is 24.3 Å². The lowest BCUT2D eigenvalue weighted by Crippen LogP contribution is -2.27. The van der Waals surface area contributed by atoms with Gasteiger partial charge in [0.25, 0.3) is 0 Å². The van der Waals surface area contributed by atoms with Crippen molar-refractivity contribution in [1.82, 2.24) is 5.32 Å². The van der Waals surface area contributed by atoms with Crippen molar-refractivity contribution in [2.24, 2.45) is 0 Å². The van der Waals surface area contributed by atoms with Crippen molar-refractivity contribution < 1.29 is 19.0 Å². The summed E-state index contributed by atoms with van der Waals surface area (Å²) >= 11 is 2.27. The number of nitrogens with one attached hydrogen (secondary N) is 1. The Labute approximate surface area is 179 Å². The zero-order valence-electron chi connectivity index (χ0n) is 15.9. The normalized spacial score (nSPS) is 12.5. The number of halogens is 1. The van der Waals surface area contributed by atoms with Gasteiger partial charge in [-0.15, -0.1) is 0 Å². The van der Waals surface area contributed by atoms with Gasteiger partial charge in [-0.2, -0.15) is 0 Å². The van der Waals surface area contributed by atoms with Crippen LogP contribution in [0.1, 0.15) is 23.5 Å². The molecule has 6 heteroatoms. The van der Waals surface area contributed by atoms with Gasteiger partial charge in [0.05, 0.1) is 19.8 Å². The van der Waals surface area contributed by atoms with Gasteiger partial charge in [-0.1, -0.05) is 71.1 Å². The predicted molar refractivity (Wildman–Crippen MR) is 118 cm³/mol. The standard InChI is InChI=1S/C22H26INO4/c23-10-13-27-15-14-26-12-5-11-24-22(25)28-16-21-19-8-3-1-6-17(19)18-7-2-4-9-20(18)21/h1-4,6-9,21H,5,10-16H2,(H,24,25). The van der Waals surface area contributed by atoms with Crippen LogP contribution in [0.4, 0.5) is 4.79 Å². The molecule has 1 amide bonds. The molecule has 1 N–H and O–H groups in total. The number of hydrogen-bond acceptors (Lipinski definition) is 4. The number of ether oxygens (including phenoxy) is 3. The quantitative estimate of drug-likeness (QED) is 0.286. The number of hydrogen-bond donors (Lipinski definition) is 1. The predicted octanol–water partition coefficient (Wildman–Crippen LogP) is 4.38. The van der Waals surface area contributed by atoms with Gasteiger partial charge in [0.15, 0.2) is 0 Å². The second-order valence-corrected chi connectivity index (χ2v) is 7.60. The Morgan fingerprint density at radius 2 is 1.50 bits per heavy atom. The van der Waals surface area contributed by atoms with Crippen LogP contribution in [-0.2, 0) is 14.2 Å². The summed E-state index contributed by atoms with van der Waals surface area (Å²) in [5.41, 5.74) is 4.89. The van der Waals surface area contributed by atoms with Crippen LogP contribution in [0.25, 0.3) is 11.1 Å². The molecule has 5 nitrogen and oxygen atoms in total. The molecule has 1 aliphatic rings. The first kappa shape index (κ1) is 21.1. The molecule has 0 bridgehead atoms. The number of fused-ring (bicyclic) bond motifs is 3. The highest BCUT2D eigenvalue weighted by Crippen LogP contribution is 2.44. The molecule has 0 unspecified atom stereocenters. The Morgan fingerprint density at radius 3 is 2.14 bits per heavy atom. The highest BCUT2D eigenvalue weighted by atomic mass is 127. The smallest absolute Gasteiger partial charge is 0.407 e. The van der Waals surface area contributed by atoms with Crippen molar-refractivity contribution >= 4 is 28.7 Å². The Kier molecular flexibility index (Phi) is 8.57. The van der Waals surface area contributed by atoms with E-state index in [1.165, 1.54) is 22.3 Å². The van der Waals surface area contributed by atoms with Gasteiger partial charge in [-0.25, -0.2) is 4.79 Å². The number of amides is 1. The number of benzene rings is 2. The van der Waals surface area contributed by atoms with Crippen LogP contribution < -0.4 is 5.32 Å². The minimum atomic E-state index is -0.382. The Hall–Kier alpha value is -1.64. The molecular formula is C22H26INO4. The first-order valence-corrected chi connectivity index (χ1v) is 11.1. The molecule has 0 fully saturated rings. The molecule has 28 heavy (non-hydrogen) atoms. The van der Waals surface area contributed by atoms with Crippen molar-refractivity contribution in [2.45, 2.75) is 12.3 Å². The summed E-state index contributed by atoms with van der Waals surface area (Å²) in [4.78, 5) is 12.0. The summed E-state index contributed by atoms with van der Waals surface area (Å²) in [7, 11) is 0. The number of carbonyl (C=O) groups is 1. The van der Waals surface area contributed by atoms with Crippen molar-refractivity contribution in [3.63, 3.8) is 0 Å². The van der Waals surface area contributed by atoms with Gasteiger partial charge in [0.1, 0.15) is 6.61 Å². The zero-order chi connectivity index (χ0) is 19.6. The van der Waals surface area contributed by atoms with E-state index in [0.29, 0.717) is 33.0 Å². The van der Waals surface area contributed by atoms with Crippen LogP contribution in [0.3, 0.4) is 0 Å². The Balaban J connectivity index is 1.37. The van der Waals surface area contributed by atoms with Gasteiger partial charge < -0.3 is 19.5 Å². The van der Waals surface area contributed by atoms with Gasteiger partial charge >= 0.3 is 6.09 Å². The molecule has 2 aromatic rings. The minimum absolute atomic E-state index is 0.0871. The summed E-state index contributed by atoms with van der Waals surface area (Å²) in [6, 6.07) is 16.6. The van der Waals surface area contributed by atoms with E-state index in [1.54, 1.807) is 0 Å². The van der Waals surface area contributed by atoms with Gasteiger partial charge in [-0.05, 0) is 28.7 Å². The molecule has 0 saturated carbocycles. The fourth-order valence-corrected chi connectivity index (χ4v) is 3.70. The highest BCUT2D eigenvalue weighted by molar-refractivity contribution is 14.1. The molecule has 0 radical (unpaired) electrons. The number of carbonyl (C=O) groups excluding carboxylic acids is 1. The van der Waals surface area contributed by atoms with Crippen LogP contribution in [0.2, 0.25) is 0 Å². The fourth-order valence-electron chi connectivity index (χ4n) is 3.39. The lowest BCUT2D eigenvalue weighted by atomic mass is 9.98. The number of alkyl halides is 1. The average Bonchev–Trinajstić information content (AvgIpc) is 3.05. The zero-order valence-corrected chi connectivity index (χ0v) is 18.0. The van der Waals surface area contributed by atoms with Crippen LogP contribution in [0.15, 0.2) is 48.5 Å².